The van der Waals surface area contributed by atoms with E-state index in [0.29, 0.717) is 4.88 Å². The number of benzene rings is 1. The number of aryl methyl sites for hydroxylation is 2. The number of anilines is 3. The first-order chi connectivity index (χ1) is 15.1. The molecular formula is C22H23N7S2. The molecule has 4 aromatic rings. The third-order valence-electron chi connectivity index (χ3n) is 5.60. The van der Waals surface area contributed by atoms with Gasteiger partial charge in [-0.2, -0.15) is 9.78 Å². The lowest BCUT2D eigenvalue weighted by Gasteiger charge is -2.16. The maximum Gasteiger partial charge on any atom is 0.216 e. The molecule has 0 atom stereocenters. The van der Waals surface area contributed by atoms with Gasteiger partial charge >= 0.3 is 0 Å². The number of aromatic nitrogens is 4. The van der Waals surface area contributed by atoms with Crippen LogP contribution in [0.25, 0.3) is 16.2 Å². The van der Waals surface area contributed by atoms with Gasteiger partial charge in [-0.3, -0.25) is 0 Å². The molecule has 1 saturated heterocycles. The summed E-state index contributed by atoms with van der Waals surface area (Å²) in [5, 5.41) is 16.4. The van der Waals surface area contributed by atoms with Crippen LogP contribution in [0.2, 0.25) is 0 Å². The van der Waals surface area contributed by atoms with Gasteiger partial charge in [-0.25, -0.2) is 9.97 Å². The van der Waals surface area contributed by atoms with Crippen molar-refractivity contribution in [2.24, 2.45) is 0 Å². The number of nitrogens with zero attached hydrogens (tertiary/aromatic N) is 7. The van der Waals surface area contributed by atoms with Crippen LogP contribution in [0.5, 0.6) is 0 Å². The van der Waals surface area contributed by atoms with Gasteiger partial charge in [-0.05, 0) is 26.2 Å². The molecule has 158 valence electrons. The summed E-state index contributed by atoms with van der Waals surface area (Å²) in [6, 6.07) is 10.5. The van der Waals surface area contributed by atoms with Crippen LogP contribution in [0.3, 0.4) is 0 Å². The van der Waals surface area contributed by atoms with Crippen molar-refractivity contribution in [3.63, 3.8) is 0 Å². The summed E-state index contributed by atoms with van der Waals surface area (Å²) in [4.78, 5) is 15.6. The Labute approximate surface area is 189 Å². The SMILES string of the molecule is CCc1nc2sc(N3CCCC3)nn2c1N(C)c1nc(-c2ccc(C)cc2)c(C#N)s1. The maximum absolute atomic E-state index is 9.73. The number of nitriles is 1. The van der Waals surface area contributed by atoms with E-state index >= 15 is 0 Å². The third-order valence-corrected chi connectivity index (χ3v) is 7.60. The Balaban J connectivity index is 1.57. The second-order valence-electron chi connectivity index (χ2n) is 7.72. The van der Waals surface area contributed by atoms with Crippen LogP contribution in [-0.4, -0.2) is 39.7 Å². The lowest BCUT2D eigenvalue weighted by atomic mass is 10.1. The first-order valence-corrected chi connectivity index (χ1v) is 12.1. The monoisotopic (exact) mass is 449 g/mol. The summed E-state index contributed by atoms with van der Waals surface area (Å²) in [6.45, 7) is 6.27. The molecule has 0 unspecified atom stereocenters. The zero-order valence-corrected chi connectivity index (χ0v) is 19.4. The zero-order chi connectivity index (χ0) is 21.5. The molecule has 0 N–H and O–H groups in total. The van der Waals surface area contributed by atoms with Crippen molar-refractivity contribution < 1.29 is 0 Å². The minimum Gasteiger partial charge on any atom is -0.347 e. The number of hydrogen-bond acceptors (Lipinski definition) is 8. The molecule has 31 heavy (non-hydrogen) atoms. The first-order valence-electron chi connectivity index (χ1n) is 10.4. The lowest BCUT2D eigenvalue weighted by molar-refractivity contribution is 0.878. The van der Waals surface area contributed by atoms with E-state index in [4.69, 9.17) is 15.1 Å². The van der Waals surface area contributed by atoms with Gasteiger partial charge in [0.25, 0.3) is 0 Å². The first kappa shape index (κ1) is 20.0. The van der Waals surface area contributed by atoms with Crippen LogP contribution in [0.15, 0.2) is 24.3 Å². The standard InChI is InChI=1S/C22H23N7S2/c1-4-16-19(29-21(24-16)31-22(26-29)28-11-5-6-12-28)27(3)20-25-18(17(13-23)30-20)15-9-7-14(2)8-10-15/h7-10H,4-6,11-12H2,1-3H3. The van der Waals surface area contributed by atoms with Gasteiger partial charge in [0.05, 0.1) is 5.69 Å². The van der Waals surface area contributed by atoms with Crippen molar-refractivity contribution in [2.45, 2.75) is 33.1 Å². The predicted molar refractivity (Wildman–Crippen MR) is 127 cm³/mol. The lowest BCUT2D eigenvalue weighted by Crippen LogP contribution is -2.18. The Hall–Kier alpha value is -2.96. The van der Waals surface area contributed by atoms with Crippen molar-refractivity contribution in [2.75, 3.05) is 29.9 Å². The van der Waals surface area contributed by atoms with Crippen molar-refractivity contribution in [1.29, 1.82) is 5.26 Å². The van der Waals surface area contributed by atoms with E-state index in [1.165, 1.54) is 29.7 Å². The van der Waals surface area contributed by atoms with E-state index in [1.807, 2.05) is 40.7 Å². The number of hydrogen-bond donors (Lipinski definition) is 0. The molecule has 0 bridgehead atoms. The van der Waals surface area contributed by atoms with Gasteiger partial charge in [0.2, 0.25) is 10.1 Å². The van der Waals surface area contributed by atoms with E-state index < -0.39 is 0 Å². The van der Waals surface area contributed by atoms with Gasteiger partial charge < -0.3 is 9.80 Å². The molecule has 1 aliphatic heterocycles. The number of imidazole rings is 1. The Bertz CT molecular complexity index is 1270. The normalized spacial score (nSPS) is 13.8. The van der Waals surface area contributed by atoms with E-state index in [1.54, 1.807) is 11.3 Å². The molecule has 0 aliphatic carbocycles. The molecular weight excluding hydrogens is 426 g/mol. The number of rotatable bonds is 5. The van der Waals surface area contributed by atoms with Gasteiger partial charge in [0.15, 0.2) is 10.9 Å². The highest BCUT2D eigenvalue weighted by molar-refractivity contribution is 7.20. The summed E-state index contributed by atoms with van der Waals surface area (Å²) in [5.74, 6) is 0.924. The highest BCUT2D eigenvalue weighted by Gasteiger charge is 2.25. The molecule has 4 heterocycles. The molecule has 3 aromatic heterocycles. The van der Waals surface area contributed by atoms with Crippen LogP contribution in [0.1, 0.15) is 35.9 Å². The number of thiazole rings is 1. The van der Waals surface area contributed by atoms with Crippen LogP contribution in [-0.2, 0) is 6.42 Å². The topological polar surface area (TPSA) is 73.4 Å². The van der Waals surface area contributed by atoms with Crippen molar-refractivity contribution in [1.82, 2.24) is 19.6 Å². The zero-order valence-electron chi connectivity index (χ0n) is 17.8. The third kappa shape index (κ3) is 3.46. The predicted octanol–water partition coefficient (Wildman–Crippen LogP) is 5.02. The molecule has 1 aromatic carbocycles. The summed E-state index contributed by atoms with van der Waals surface area (Å²) in [7, 11) is 1.98. The molecule has 5 rings (SSSR count). The average Bonchev–Trinajstić information content (AvgIpc) is 3.55. The minimum absolute atomic E-state index is 0.612. The fraction of sp³-hybridized carbons (Fsp3) is 0.364. The molecule has 0 radical (unpaired) electrons. The van der Waals surface area contributed by atoms with Crippen molar-refractivity contribution in [3.8, 4) is 17.3 Å². The Morgan fingerprint density at radius 1 is 1.13 bits per heavy atom. The van der Waals surface area contributed by atoms with Crippen molar-refractivity contribution >= 4 is 43.7 Å². The van der Waals surface area contributed by atoms with E-state index in [9.17, 15) is 5.26 Å². The van der Waals surface area contributed by atoms with E-state index in [0.717, 1.165) is 57.5 Å². The van der Waals surface area contributed by atoms with Crippen LogP contribution >= 0.6 is 22.7 Å². The number of fused-ring (bicyclic) bond motifs is 1. The summed E-state index contributed by atoms with van der Waals surface area (Å²) < 4.78 is 1.94. The molecule has 1 fully saturated rings. The Morgan fingerprint density at radius 2 is 1.87 bits per heavy atom. The molecule has 0 amide bonds. The largest absolute Gasteiger partial charge is 0.347 e. The molecule has 1 aliphatic rings. The van der Waals surface area contributed by atoms with E-state index in [2.05, 4.69) is 24.8 Å². The average molecular weight is 450 g/mol. The second-order valence-corrected chi connectivity index (χ2v) is 9.63. The quantitative estimate of drug-likeness (QED) is 0.426. The smallest absolute Gasteiger partial charge is 0.216 e. The molecule has 0 spiro atoms. The molecule has 7 nitrogen and oxygen atoms in total. The molecule has 9 heteroatoms. The second kappa shape index (κ2) is 7.94. The van der Waals surface area contributed by atoms with Crippen LogP contribution in [0.4, 0.5) is 16.1 Å². The summed E-state index contributed by atoms with van der Waals surface area (Å²) >= 11 is 3.04. The maximum atomic E-state index is 9.73. The summed E-state index contributed by atoms with van der Waals surface area (Å²) in [6.07, 6.45) is 3.23. The fourth-order valence-corrected chi connectivity index (χ4v) is 5.72. The van der Waals surface area contributed by atoms with Gasteiger partial charge in [-0.1, -0.05) is 59.4 Å². The van der Waals surface area contributed by atoms with E-state index in [-0.39, 0.29) is 0 Å². The summed E-state index contributed by atoms with van der Waals surface area (Å²) in [5.41, 5.74) is 3.85. The Kier molecular flexibility index (Phi) is 5.12. The van der Waals surface area contributed by atoms with Gasteiger partial charge in [0, 0.05) is 25.7 Å². The van der Waals surface area contributed by atoms with Crippen LogP contribution < -0.4 is 9.80 Å². The van der Waals surface area contributed by atoms with Gasteiger partial charge in [0.1, 0.15) is 16.6 Å². The van der Waals surface area contributed by atoms with Crippen molar-refractivity contribution in [3.05, 3.63) is 40.4 Å². The van der Waals surface area contributed by atoms with Gasteiger partial charge in [-0.15, -0.1) is 5.10 Å². The minimum atomic E-state index is 0.612. The Morgan fingerprint density at radius 3 is 2.55 bits per heavy atom. The highest BCUT2D eigenvalue weighted by Crippen LogP contribution is 2.38. The van der Waals surface area contributed by atoms with Crippen LogP contribution in [0, 0.1) is 18.3 Å². The highest BCUT2D eigenvalue weighted by atomic mass is 32.1. The fourth-order valence-electron chi connectivity index (χ4n) is 3.90. The molecule has 0 saturated carbocycles.